The Morgan fingerprint density at radius 2 is 2.09 bits per heavy atom. The predicted octanol–water partition coefficient (Wildman–Crippen LogP) is 3.00. The van der Waals surface area contributed by atoms with Gasteiger partial charge in [-0.05, 0) is 30.2 Å². The molecular weight excluding hydrogens is 132 g/mol. The van der Waals surface area contributed by atoms with Crippen LogP contribution in [0.3, 0.4) is 0 Å². The van der Waals surface area contributed by atoms with Crippen molar-refractivity contribution in [3.63, 3.8) is 0 Å². The molecule has 0 bridgehead atoms. The largest absolute Gasteiger partial charge is 0.0984 e. The van der Waals surface area contributed by atoms with Gasteiger partial charge in [-0.3, -0.25) is 0 Å². The van der Waals surface area contributed by atoms with Gasteiger partial charge in [-0.1, -0.05) is 36.9 Å². The highest BCUT2D eigenvalue weighted by Gasteiger charge is 1.88. The maximum absolute atomic E-state index is 3.56. The summed E-state index contributed by atoms with van der Waals surface area (Å²) < 4.78 is 0. The minimum atomic E-state index is 1.20. The third-order valence-corrected chi connectivity index (χ3v) is 1.55. The monoisotopic (exact) mass is 143 g/mol. The van der Waals surface area contributed by atoms with E-state index in [4.69, 9.17) is 0 Å². The molecule has 0 nitrogen and oxygen atoms in total. The SMILES string of the molecule is C=C/[C]=C\c1ccccc1C. The van der Waals surface area contributed by atoms with Crippen LogP contribution < -0.4 is 0 Å². The fourth-order valence-corrected chi connectivity index (χ4v) is 0.897. The molecule has 0 aliphatic rings. The molecule has 0 aliphatic carbocycles. The fourth-order valence-electron chi connectivity index (χ4n) is 0.897. The molecule has 0 atom stereocenters. The molecule has 0 unspecified atom stereocenters. The van der Waals surface area contributed by atoms with Crippen LogP contribution in [-0.4, -0.2) is 0 Å². The number of hydrogen-bond acceptors (Lipinski definition) is 0. The van der Waals surface area contributed by atoms with Crippen molar-refractivity contribution in [2.24, 2.45) is 0 Å². The second-order valence-corrected chi connectivity index (χ2v) is 2.37. The first-order chi connectivity index (χ1) is 5.34. The molecule has 0 N–H and O–H groups in total. The Labute approximate surface area is 67.9 Å². The van der Waals surface area contributed by atoms with Gasteiger partial charge in [0.05, 0.1) is 0 Å². The molecule has 0 fully saturated rings. The fraction of sp³-hybridized carbons (Fsp3) is 0.0909. The summed E-state index contributed by atoms with van der Waals surface area (Å²) in [6.45, 7) is 5.64. The molecule has 0 saturated carbocycles. The van der Waals surface area contributed by atoms with Gasteiger partial charge in [-0.15, -0.1) is 0 Å². The lowest BCUT2D eigenvalue weighted by molar-refractivity contribution is 1.44. The molecule has 1 rings (SSSR count). The molecule has 1 aromatic rings. The predicted molar refractivity (Wildman–Crippen MR) is 49.1 cm³/mol. The summed E-state index contributed by atoms with van der Waals surface area (Å²) in [5, 5.41) is 0. The Kier molecular flexibility index (Phi) is 2.67. The van der Waals surface area contributed by atoms with Crippen LogP contribution in [0.25, 0.3) is 6.08 Å². The Hall–Kier alpha value is -1.30. The molecular formula is C11H11. The van der Waals surface area contributed by atoms with Crippen molar-refractivity contribution < 1.29 is 0 Å². The second kappa shape index (κ2) is 3.77. The lowest BCUT2D eigenvalue weighted by atomic mass is 10.1. The van der Waals surface area contributed by atoms with Crippen molar-refractivity contribution in [1.82, 2.24) is 0 Å². The van der Waals surface area contributed by atoms with Gasteiger partial charge in [0.15, 0.2) is 0 Å². The Bertz CT molecular complexity index is 269. The Balaban J connectivity index is 2.94. The van der Waals surface area contributed by atoms with E-state index >= 15 is 0 Å². The van der Waals surface area contributed by atoms with E-state index in [0.717, 1.165) is 0 Å². The molecule has 0 aliphatic heterocycles. The lowest BCUT2D eigenvalue weighted by Crippen LogP contribution is -1.76. The van der Waals surface area contributed by atoms with Crippen molar-refractivity contribution >= 4 is 6.08 Å². The van der Waals surface area contributed by atoms with E-state index in [2.05, 4.69) is 31.7 Å². The van der Waals surface area contributed by atoms with Gasteiger partial charge in [-0.2, -0.15) is 0 Å². The number of aryl methyl sites for hydroxylation is 1. The quantitative estimate of drug-likeness (QED) is 0.558. The van der Waals surface area contributed by atoms with Crippen molar-refractivity contribution in [2.45, 2.75) is 6.92 Å². The van der Waals surface area contributed by atoms with Gasteiger partial charge in [0.25, 0.3) is 0 Å². The highest BCUT2D eigenvalue weighted by molar-refractivity contribution is 5.52. The summed E-state index contributed by atoms with van der Waals surface area (Å²) in [7, 11) is 0. The maximum Gasteiger partial charge on any atom is -0.0184 e. The molecule has 55 valence electrons. The van der Waals surface area contributed by atoms with Gasteiger partial charge in [0.1, 0.15) is 0 Å². The number of hydrogen-bond donors (Lipinski definition) is 0. The number of benzene rings is 1. The second-order valence-electron chi connectivity index (χ2n) is 2.37. The zero-order valence-corrected chi connectivity index (χ0v) is 6.67. The standard InChI is InChI=1S/C11H11/c1-3-4-8-11-9-6-5-7-10(11)2/h3,5-9H,1H2,2H3. The summed E-state index contributed by atoms with van der Waals surface area (Å²) in [5.41, 5.74) is 2.47. The van der Waals surface area contributed by atoms with E-state index in [9.17, 15) is 0 Å². The summed E-state index contributed by atoms with van der Waals surface area (Å²) in [4.78, 5) is 0. The minimum Gasteiger partial charge on any atom is -0.0984 e. The van der Waals surface area contributed by atoms with Crippen LogP contribution in [0.2, 0.25) is 0 Å². The molecule has 0 spiro atoms. The summed E-state index contributed by atoms with van der Waals surface area (Å²) in [5.74, 6) is 0. The van der Waals surface area contributed by atoms with Crippen molar-refractivity contribution in [2.75, 3.05) is 0 Å². The Morgan fingerprint density at radius 1 is 1.36 bits per heavy atom. The number of rotatable bonds is 2. The van der Waals surface area contributed by atoms with Crippen LogP contribution in [0.5, 0.6) is 0 Å². The van der Waals surface area contributed by atoms with Crippen molar-refractivity contribution in [3.8, 4) is 0 Å². The Morgan fingerprint density at radius 3 is 2.73 bits per heavy atom. The molecule has 11 heavy (non-hydrogen) atoms. The highest BCUT2D eigenvalue weighted by Crippen LogP contribution is 2.07. The first kappa shape index (κ1) is 7.80. The van der Waals surface area contributed by atoms with Crippen LogP contribution in [0.1, 0.15) is 11.1 Å². The zero-order chi connectivity index (χ0) is 8.10. The molecule has 0 aromatic heterocycles. The van der Waals surface area contributed by atoms with E-state index in [1.165, 1.54) is 11.1 Å². The van der Waals surface area contributed by atoms with Crippen LogP contribution in [0, 0.1) is 13.0 Å². The molecule has 0 heteroatoms. The topological polar surface area (TPSA) is 0 Å². The average Bonchev–Trinajstić information content (AvgIpc) is 2.03. The normalized spacial score (nSPS) is 10.3. The average molecular weight is 143 g/mol. The van der Waals surface area contributed by atoms with Crippen molar-refractivity contribution in [3.05, 3.63) is 54.1 Å². The minimum absolute atomic E-state index is 1.20. The van der Waals surface area contributed by atoms with Gasteiger partial charge in [0.2, 0.25) is 0 Å². The van der Waals surface area contributed by atoms with E-state index in [1.807, 2.05) is 18.2 Å². The molecule has 1 radical (unpaired) electrons. The van der Waals surface area contributed by atoms with Crippen LogP contribution >= 0.6 is 0 Å². The molecule has 0 heterocycles. The first-order valence-corrected chi connectivity index (χ1v) is 3.60. The number of allylic oxidation sites excluding steroid dienone is 2. The third kappa shape index (κ3) is 2.08. The van der Waals surface area contributed by atoms with E-state index in [0.29, 0.717) is 0 Å². The van der Waals surface area contributed by atoms with Crippen molar-refractivity contribution in [1.29, 1.82) is 0 Å². The van der Waals surface area contributed by atoms with E-state index < -0.39 is 0 Å². The van der Waals surface area contributed by atoms with E-state index in [-0.39, 0.29) is 0 Å². The maximum atomic E-state index is 3.56. The first-order valence-electron chi connectivity index (χ1n) is 3.60. The van der Waals surface area contributed by atoms with Crippen LogP contribution in [0.15, 0.2) is 36.9 Å². The summed E-state index contributed by atoms with van der Waals surface area (Å²) in [6, 6.07) is 8.19. The van der Waals surface area contributed by atoms with Gasteiger partial charge >= 0.3 is 0 Å². The molecule has 0 amide bonds. The molecule has 1 aromatic carbocycles. The van der Waals surface area contributed by atoms with Gasteiger partial charge in [-0.25, -0.2) is 0 Å². The van der Waals surface area contributed by atoms with Crippen LogP contribution in [0.4, 0.5) is 0 Å². The smallest absolute Gasteiger partial charge is 0.0184 e. The highest BCUT2D eigenvalue weighted by atomic mass is 13.9. The van der Waals surface area contributed by atoms with Crippen LogP contribution in [-0.2, 0) is 0 Å². The lowest BCUT2D eigenvalue weighted by Gasteiger charge is -1.96. The van der Waals surface area contributed by atoms with E-state index in [1.54, 1.807) is 6.08 Å². The molecule has 0 saturated heterocycles. The summed E-state index contributed by atoms with van der Waals surface area (Å²) >= 11 is 0. The third-order valence-electron chi connectivity index (χ3n) is 1.55. The van der Waals surface area contributed by atoms with Gasteiger partial charge in [0, 0.05) is 0 Å². The zero-order valence-electron chi connectivity index (χ0n) is 6.67. The summed E-state index contributed by atoms with van der Waals surface area (Å²) in [6.07, 6.45) is 6.54. The van der Waals surface area contributed by atoms with Gasteiger partial charge < -0.3 is 0 Å².